The molecule has 0 unspecified atom stereocenters. The van der Waals surface area contributed by atoms with Crippen molar-refractivity contribution in [3.8, 4) is 0 Å². The Morgan fingerprint density at radius 3 is 2.29 bits per heavy atom. The van der Waals surface area contributed by atoms with Gasteiger partial charge in [0.15, 0.2) is 0 Å². The first-order valence-electron chi connectivity index (χ1n) is 5.82. The molecule has 1 N–H and O–H groups in total. The molecule has 0 radical (unpaired) electrons. The lowest BCUT2D eigenvalue weighted by Gasteiger charge is -2.26. The second kappa shape index (κ2) is 4.69. The Labute approximate surface area is 98.3 Å². The topological polar surface area (TPSA) is 20.2 Å². The summed E-state index contributed by atoms with van der Waals surface area (Å²) in [6.45, 7) is 0. The molecule has 1 saturated carbocycles. The lowest BCUT2D eigenvalue weighted by molar-refractivity contribution is -0.137. The summed E-state index contributed by atoms with van der Waals surface area (Å²) in [7, 11) is 0. The second-order valence-electron chi connectivity index (χ2n) is 4.63. The molecule has 1 aliphatic carbocycles. The van der Waals surface area contributed by atoms with E-state index in [0.29, 0.717) is 12.8 Å². The molecule has 94 valence electrons. The number of halogens is 3. The highest BCUT2D eigenvalue weighted by Gasteiger charge is 2.31. The third kappa shape index (κ3) is 3.00. The van der Waals surface area contributed by atoms with Crippen molar-refractivity contribution in [1.29, 1.82) is 0 Å². The van der Waals surface area contributed by atoms with Crippen LogP contribution in [0.15, 0.2) is 24.3 Å². The summed E-state index contributed by atoms with van der Waals surface area (Å²) < 4.78 is 37.7. The third-order valence-electron chi connectivity index (χ3n) is 3.38. The maximum atomic E-state index is 12.6. The Morgan fingerprint density at radius 2 is 1.71 bits per heavy atom. The summed E-state index contributed by atoms with van der Waals surface area (Å²) >= 11 is 0. The normalized spacial score (nSPS) is 25.9. The summed E-state index contributed by atoms with van der Waals surface area (Å²) in [4.78, 5) is 0. The molecule has 0 atom stereocenters. The molecule has 1 nitrogen and oxygen atoms in total. The molecule has 1 fully saturated rings. The molecular weight excluding hydrogens is 229 g/mol. The van der Waals surface area contributed by atoms with Crippen LogP contribution in [0.5, 0.6) is 0 Å². The van der Waals surface area contributed by atoms with Gasteiger partial charge in [-0.1, -0.05) is 18.2 Å². The number of hydrogen-bond acceptors (Lipinski definition) is 1. The lowest BCUT2D eigenvalue weighted by atomic mass is 9.82. The van der Waals surface area contributed by atoms with Gasteiger partial charge in [-0.25, -0.2) is 0 Å². The molecule has 0 saturated heterocycles. The number of aliphatic hydroxyl groups is 1. The molecule has 0 heterocycles. The highest BCUT2D eigenvalue weighted by molar-refractivity contribution is 5.28. The van der Waals surface area contributed by atoms with Crippen LogP contribution in [0.4, 0.5) is 13.2 Å². The predicted molar refractivity (Wildman–Crippen MR) is 58.7 cm³/mol. The Kier molecular flexibility index (Phi) is 3.43. The van der Waals surface area contributed by atoms with Crippen LogP contribution >= 0.6 is 0 Å². The van der Waals surface area contributed by atoms with Crippen molar-refractivity contribution in [2.24, 2.45) is 0 Å². The van der Waals surface area contributed by atoms with Gasteiger partial charge in [0.1, 0.15) is 0 Å². The van der Waals surface area contributed by atoms with Gasteiger partial charge in [0, 0.05) is 0 Å². The van der Waals surface area contributed by atoms with E-state index in [1.54, 1.807) is 6.07 Å². The maximum absolute atomic E-state index is 12.6. The first-order valence-corrected chi connectivity index (χ1v) is 5.82. The average Bonchev–Trinajstić information content (AvgIpc) is 2.29. The van der Waals surface area contributed by atoms with E-state index in [2.05, 4.69) is 0 Å². The van der Waals surface area contributed by atoms with Gasteiger partial charge < -0.3 is 5.11 Å². The van der Waals surface area contributed by atoms with E-state index in [1.807, 2.05) is 0 Å². The van der Waals surface area contributed by atoms with Crippen LogP contribution in [-0.2, 0) is 6.18 Å². The lowest BCUT2D eigenvalue weighted by Crippen LogP contribution is -2.17. The molecule has 0 aromatic heterocycles. The van der Waals surface area contributed by atoms with Crippen LogP contribution in [0.2, 0.25) is 0 Å². The summed E-state index contributed by atoms with van der Waals surface area (Å²) in [6, 6.07) is 5.55. The summed E-state index contributed by atoms with van der Waals surface area (Å²) in [5.74, 6) is 0.153. The predicted octanol–water partition coefficient (Wildman–Crippen LogP) is 3.72. The average molecular weight is 244 g/mol. The largest absolute Gasteiger partial charge is 0.416 e. The Balaban J connectivity index is 2.16. The molecule has 1 aromatic carbocycles. The zero-order valence-electron chi connectivity index (χ0n) is 9.37. The number of hydrogen-bond donors (Lipinski definition) is 1. The summed E-state index contributed by atoms with van der Waals surface area (Å²) in [5, 5.41) is 9.38. The number of aliphatic hydroxyl groups excluding tert-OH is 1. The van der Waals surface area contributed by atoms with Crippen LogP contribution in [0.3, 0.4) is 0 Å². The zero-order valence-corrected chi connectivity index (χ0v) is 9.37. The van der Waals surface area contributed by atoms with Crippen LogP contribution in [0.1, 0.15) is 42.7 Å². The summed E-state index contributed by atoms with van der Waals surface area (Å²) in [5.41, 5.74) is 0.160. The zero-order chi connectivity index (χ0) is 12.5. The number of rotatable bonds is 1. The SMILES string of the molecule is OC1CCC(c2cccc(C(F)(F)F)c2)CC1. The van der Waals surface area contributed by atoms with E-state index in [9.17, 15) is 18.3 Å². The van der Waals surface area contributed by atoms with Crippen molar-refractivity contribution in [3.63, 3.8) is 0 Å². The van der Waals surface area contributed by atoms with Gasteiger partial charge in [-0.3, -0.25) is 0 Å². The highest BCUT2D eigenvalue weighted by atomic mass is 19.4. The Bertz CT molecular complexity index is 378. The minimum Gasteiger partial charge on any atom is -0.393 e. The standard InChI is InChI=1S/C13H15F3O/c14-13(15,16)11-3-1-2-10(8-11)9-4-6-12(17)7-5-9/h1-3,8-9,12,17H,4-7H2. The number of alkyl halides is 3. The van der Waals surface area contributed by atoms with Gasteiger partial charge in [-0.15, -0.1) is 0 Å². The fourth-order valence-corrected chi connectivity index (χ4v) is 2.38. The van der Waals surface area contributed by atoms with E-state index >= 15 is 0 Å². The van der Waals surface area contributed by atoms with E-state index in [0.717, 1.165) is 24.5 Å². The molecule has 2 rings (SSSR count). The molecule has 4 heteroatoms. The fraction of sp³-hybridized carbons (Fsp3) is 0.538. The van der Waals surface area contributed by atoms with Crippen molar-refractivity contribution >= 4 is 0 Å². The van der Waals surface area contributed by atoms with E-state index in [-0.39, 0.29) is 12.0 Å². The van der Waals surface area contributed by atoms with Gasteiger partial charge in [0.05, 0.1) is 11.7 Å². The van der Waals surface area contributed by atoms with Crippen molar-refractivity contribution in [2.45, 2.75) is 43.9 Å². The molecule has 1 aliphatic rings. The molecule has 0 aliphatic heterocycles. The Hall–Kier alpha value is -1.03. The third-order valence-corrected chi connectivity index (χ3v) is 3.38. The van der Waals surface area contributed by atoms with Gasteiger partial charge in [-0.2, -0.15) is 13.2 Å². The van der Waals surface area contributed by atoms with E-state index < -0.39 is 11.7 Å². The van der Waals surface area contributed by atoms with Crippen molar-refractivity contribution in [3.05, 3.63) is 35.4 Å². The van der Waals surface area contributed by atoms with Crippen molar-refractivity contribution < 1.29 is 18.3 Å². The van der Waals surface area contributed by atoms with Gasteiger partial charge >= 0.3 is 6.18 Å². The monoisotopic (exact) mass is 244 g/mol. The van der Waals surface area contributed by atoms with Gasteiger partial charge in [0.2, 0.25) is 0 Å². The van der Waals surface area contributed by atoms with Gasteiger partial charge in [-0.05, 0) is 43.2 Å². The van der Waals surface area contributed by atoms with E-state index in [4.69, 9.17) is 0 Å². The van der Waals surface area contributed by atoms with Crippen LogP contribution < -0.4 is 0 Å². The van der Waals surface area contributed by atoms with Crippen molar-refractivity contribution in [1.82, 2.24) is 0 Å². The van der Waals surface area contributed by atoms with Crippen molar-refractivity contribution in [2.75, 3.05) is 0 Å². The minimum absolute atomic E-state index is 0.153. The number of benzene rings is 1. The molecular formula is C13H15F3O. The first kappa shape index (κ1) is 12.4. The quantitative estimate of drug-likeness (QED) is 0.798. The molecule has 0 bridgehead atoms. The second-order valence-corrected chi connectivity index (χ2v) is 4.63. The van der Waals surface area contributed by atoms with Crippen LogP contribution in [0, 0.1) is 0 Å². The fourth-order valence-electron chi connectivity index (χ4n) is 2.38. The highest BCUT2D eigenvalue weighted by Crippen LogP contribution is 2.36. The maximum Gasteiger partial charge on any atom is 0.416 e. The van der Waals surface area contributed by atoms with Crippen LogP contribution in [-0.4, -0.2) is 11.2 Å². The molecule has 0 spiro atoms. The van der Waals surface area contributed by atoms with Gasteiger partial charge in [0.25, 0.3) is 0 Å². The minimum atomic E-state index is -4.27. The first-order chi connectivity index (χ1) is 7.97. The molecule has 17 heavy (non-hydrogen) atoms. The Morgan fingerprint density at radius 1 is 1.06 bits per heavy atom. The summed E-state index contributed by atoms with van der Waals surface area (Å²) in [6.07, 6.45) is -1.66. The molecule has 1 aromatic rings. The van der Waals surface area contributed by atoms with E-state index in [1.165, 1.54) is 12.1 Å². The smallest absolute Gasteiger partial charge is 0.393 e. The van der Waals surface area contributed by atoms with Crippen LogP contribution in [0.25, 0.3) is 0 Å². The molecule has 0 amide bonds.